The number of carbonyl (C=O) groups is 2. The summed E-state index contributed by atoms with van der Waals surface area (Å²) in [6.45, 7) is 18.1. The molecule has 2 aliphatic carbocycles. The van der Waals surface area contributed by atoms with Gasteiger partial charge in [0.15, 0.2) is 0 Å². The second-order valence-electron chi connectivity index (χ2n) is 17.6. The molecule has 4 aliphatic heterocycles. The van der Waals surface area contributed by atoms with Crippen LogP contribution in [0.5, 0.6) is 0 Å². The van der Waals surface area contributed by atoms with Gasteiger partial charge in [-0.25, -0.2) is 0 Å². The van der Waals surface area contributed by atoms with Gasteiger partial charge in [0.1, 0.15) is 10.5 Å². The SMILES string of the molecule is C=CC.COC(=O)C1S(=O)C2(C)c3ccccc3C1(C)c1ccccc12.COC(=O)C1SC2(C)c3ccccc3C1(C)c1ccccc12.Cc1c2ccccc2c(C)c2ccccc12. The normalized spacial score (nSPS) is 25.9. The molecular weight excluding hydrogens is 829 g/mol. The Hall–Kier alpha value is -5.76. The fourth-order valence-electron chi connectivity index (χ4n) is 11.1. The van der Waals surface area contributed by atoms with Gasteiger partial charge < -0.3 is 9.47 Å². The van der Waals surface area contributed by atoms with Gasteiger partial charge in [0.2, 0.25) is 0 Å². The molecular formula is C57H56O5S2. The van der Waals surface area contributed by atoms with E-state index in [1.807, 2.05) is 57.2 Å². The average Bonchev–Trinajstić information content (AvgIpc) is 3.33. The Kier molecular flexibility index (Phi) is 11.9. The summed E-state index contributed by atoms with van der Waals surface area (Å²) in [7, 11) is 1.45. The zero-order chi connectivity index (χ0) is 45.8. The zero-order valence-electron chi connectivity index (χ0n) is 38.2. The second kappa shape index (κ2) is 17.0. The van der Waals surface area contributed by atoms with E-state index in [2.05, 4.69) is 143 Å². The lowest BCUT2D eigenvalue weighted by atomic mass is 9.62. The first-order chi connectivity index (χ1) is 30.7. The van der Waals surface area contributed by atoms with E-state index in [9.17, 15) is 13.8 Å². The van der Waals surface area contributed by atoms with Crippen molar-refractivity contribution in [1.29, 1.82) is 0 Å². The molecule has 0 amide bonds. The van der Waals surface area contributed by atoms with Crippen LogP contribution in [0.4, 0.5) is 0 Å². The third-order valence-electron chi connectivity index (χ3n) is 14.3. The number of hydrogen-bond acceptors (Lipinski definition) is 6. The highest BCUT2D eigenvalue weighted by atomic mass is 32.2. The molecule has 64 heavy (non-hydrogen) atoms. The maximum atomic E-state index is 13.5. The topological polar surface area (TPSA) is 69.7 Å². The summed E-state index contributed by atoms with van der Waals surface area (Å²) in [5, 5.41) is 4.59. The first kappa shape index (κ1) is 44.8. The number of fused-ring (bicyclic) bond motifs is 4. The van der Waals surface area contributed by atoms with E-state index in [0.717, 1.165) is 22.3 Å². The van der Waals surface area contributed by atoms with Crippen molar-refractivity contribution in [3.8, 4) is 0 Å². The molecule has 5 nitrogen and oxygen atoms in total. The third kappa shape index (κ3) is 6.44. The van der Waals surface area contributed by atoms with E-state index >= 15 is 0 Å². The molecule has 7 aromatic rings. The molecule has 0 aromatic heterocycles. The number of thioether (sulfide) groups is 1. The molecule has 0 N–H and O–H groups in total. The fourth-order valence-corrected chi connectivity index (χ4v) is 15.1. The standard InChI is InChI=1S/C19H18O3S.C19H18O2S.C16H14.C3H6/c1-18-12-8-4-6-10-14(12)19(2,15-11-7-5-9-13(15)18)23(21)16(18)17(20)22-3;1-18-12-8-4-6-10-14(12)19(2,22-16(18)17(20)21-3)15-11-7-5-9-13(15)18;1-11-13-7-3-5-9-15(13)12(2)16-10-6-4-8-14(11)16;1-3-2/h4-11,16H,1-3H3;4-11,16H,1-3H3;3-10H,1-2H3;3H,1H2,2H3. The van der Waals surface area contributed by atoms with Crippen LogP contribution in [0.2, 0.25) is 0 Å². The van der Waals surface area contributed by atoms with Crippen molar-refractivity contribution in [3.63, 3.8) is 0 Å². The molecule has 13 rings (SSSR count). The minimum Gasteiger partial charge on any atom is -0.468 e. The number of ether oxygens (including phenoxy) is 2. The quantitative estimate of drug-likeness (QED) is 0.0979. The van der Waals surface area contributed by atoms with Crippen LogP contribution in [-0.4, -0.2) is 40.9 Å². The molecule has 0 fully saturated rings. The predicted octanol–water partition coefficient (Wildman–Crippen LogP) is 12.5. The summed E-state index contributed by atoms with van der Waals surface area (Å²) in [6, 6.07) is 50.4. The van der Waals surface area contributed by atoms with Gasteiger partial charge in [-0.3, -0.25) is 13.8 Å². The van der Waals surface area contributed by atoms with Crippen molar-refractivity contribution in [2.24, 2.45) is 0 Å². The maximum Gasteiger partial charge on any atom is 0.322 e. The molecule has 0 saturated carbocycles. The van der Waals surface area contributed by atoms with Crippen molar-refractivity contribution >= 4 is 56.0 Å². The monoisotopic (exact) mass is 884 g/mol. The predicted molar refractivity (Wildman–Crippen MR) is 266 cm³/mol. The lowest BCUT2D eigenvalue weighted by Gasteiger charge is -2.55. The molecule has 7 heteroatoms. The molecule has 7 aromatic carbocycles. The van der Waals surface area contributed by atoms with E-state index < -0.39 is 32.2 Å². The molecule has 6 aliphatic rings. The first-order valence-electron chi connectivity index (χ1n) is 21.8. The summed E-state index contributed by atoms with van der Waals surface area (Å²) in [5.74, 6) is -0.538. The first-order valence-corrected chi connectivity index (χ1v) is 23.9. The third-order valence-corrected chi connectivity index (χ3v) is 18.5. The van der Waals surface area contributed by atoms with Gasteiger partial charge in [-0.2, -0.15) is 0 Å². The highest BCUT2D eigenvalue weighted by molar-refractivity contribution is 8.02. The second-order valence-corrected chi connectivity index (χ2v) is 21.0. The van der Waals surface area contributed by atoms with Gasteiger partial charge in [-0.05, 0) is 126 Å². The Labute approximate surface area is 384 Å². The maximum absolute atomic E-state index is 13.5. The van der Waals surface area contributed by atoms with Gasteiger partial charge in [0, 0.05) is 10.8 Å². The molecule has 4 bridgehead atoms. The highest BCUT2D eigenvalue weighted by Gasteiger charge is 2.64. The Morgan fingerprint density at radius 3 is 1.17 bits per heavy atom. The van der Waals surface area contributed by atoms with Crippen molar-refractivity contribution in [2.45, 2.75) is 79.3 Å². The van der Waals surface area contributed by atoms with E-state index in [1.54, 1.807) is 17.8 Å². The average molecular weight is 885 g/mol. The molecule has 4 heterocycles. The summed E-state index contributed by atoms with van der Waals surface area (Å²) in [5.41, 5.74) is 11.2. The molecule has 0 saturated heterocycles. The number of esters is 2. The minimum absolute atomic E-state index is 0.136. The van der Waals surface area contributed by atoms with E-state index in [0.29, 0.717) is 0 Å². The van der Waals surface area contributed by atoms with Crippen LogP contribution >= 0.6 is 11.8 Å². The molecule has 3 unspecified atom stereocenters. The van der Waals surface area contributed by atoms with E-state index in [1.165, 1.54) is 69.1 Å². The van der Waals surface area contributed by atoms with Crippen LogP contribution in [0.3, 0.4) is 0 Å². The van der Waals surface area contributed by atoms with E-state index in [-0.39, 0.29) is 21.4 Å². The number of methoxy groups -OCH3 is 2. The van der Waals surface area contributed by atoms with Gasteiger partial charge in [-0.1, -0.05) is 152 Å². The number of benzene rings is 7. The molecule has 326 valence electrons. The Bertz CT molecular complexity index is 2790. The van der Waals surface area contributed by atoms with Crippen molar-refractivity contribution in [2.75, 3.05) is 14.2 Å². The van der Waals surface area contributed by atoms with Crippen LogP contribution in [0.25, 0.3) is 21.5 Å². The summed E-state index contributed by atoms with van der Waals surface area (Å²) < 4.78 is 22.7. The lowest BCUT2D eigenvalue weighted by molar-refractivity contribution is -0.142. The van der Waals surface area contributed by atoms with Crippen molar-refractivity contribution in [3.05, 3.63) is 214 Å². The molecule has 0 radical (unpaired) electrons. The zero-order valence-corrected chi connectivity index (χ0v) is 39.8. The van der Waals surface area contributed by atoms with Crippen molar-refractivity contribution < 1.29 is 23.3 Å². The van der Waals surface area contributed by atoms with Crippen molar-refractivity contribution in [1.82, 2.24) is 0 Å². The number of allylic oxidation sites excluding steroid dienone is 1. The smallest absolute Gasteiger partial charge is 0.322 e. The van der Waals surface area contributed by atoms with Crippen LogP contribution in [-0.2, 0) is 50.2 Å². The lowest BCUT2D eigenvalue weighted by Crippen LogP contribution is -2.61. The highest BCUT2D eigenvalue weighted by Crippen LogP contribution is 2.65. The fraction of sp³-hybridized carbons (Fsp3) is 0.263. The van der Waals surface area contributed by atoms with Gasteiger partial charge in [0.25, 0.3) is 0 Å². The van der Waals surface area contributed by atoms with Gasteiger partial charge >= 0.3 is 11.9 Å². The van der Waals surface area contributed by atoms with Crippen LogP contribution in [0.1, 0.15) is 90.3 Å². The molecule has 0 spiro atoms. The van der Waals surface area contributed by atoms with Crippen LogP contribution in [0.15, 0.2) is 158 Å². The molecule has 3 atom stereocenters. The van der Waals surface area contributed by atoms with Crippen LogP contribution < -0.4 is 0 Å². The number of hydrogen-bond donors (Lipinski definition) is 0. The Morgan fingerprint density at radius 1 is 0.531 bits per heavy atom. The van der Waals surface area contributed by atoms with E-state index in [4.69, 9.17) is 9.47 Å². The minimum atomic E-state index is -1.40. The van der Waals surface area contributed by atoms with Gasteiger partial charge in [-0.15, -0.1) is 18.3 Å². The van der Waals surface area contributed by atoms with Gasteiger partial charge in [0.05, 0.1) is 34.5 Å². The Balaban J connectivity index is 0.000000129. The summed E-state index contributed by atoms with van der Waals surface area (Å²) in [4.78, 5) is 25.0. The largest absolute Gasteiger partial charge is 0.468 e. The number of aryl methyl sites for hydroxylation is 2. The number of carbonyl (C=O) groups excluding carboxylic acids is 2. The van der Waals surface area contributed by atoms with Crippen LogP contribution in [0, 0.1) is 13.8 Å². The summed E-state index contributed by atoms with van der Waals surface area (Å²) >= 11 is 1.73. The number of rotatable bonds is 2. The Morgan fingerprint density at radius 2 is 0.828 bits per heavy atom. The summed E-state index contributed by atoms with van der Waals surface area (Å²) in [6.07, 6.45) is 1.75.